The maximum Gasteiger partial charge on any atom is 0.238 e. The monoisotopic (exact) mass is 712 g/mol. The van der Waals surface area contributed by atoms with Crippen LogP contribution in [0.5, 0.6) is 0 Å². The van der Waals surface area contributed by atoms with Crippen LogP contribution in [-0.4, -0.2) is 19.5 Å². The second kappa shape index (κ2) is 11.8. The summed E-state index contributed by atoms with van der Waals surface area (Å²) in [5.41, 5.74) is 15.3. The molecular formula is C52H32N4. The molecule has 2 aromatic heterocycles. The number of nitrogens with zero attached hydrogens (tertiary/aromatic N) is 4. The van der Waals surface area contributed by atoms with Crippen LogP contribution in [0.4, 0.5) is 0 Å². The third-order valence-corrected chi connectivity index (χ3v) is 11.9. The topological polar surface area (TPSA) is 43.6 Å². The Balaban J connectivity index is 1.26. The van der Waals surface area contributed by atoms with Crippen molar-refractivity contribution in [1.29, 1.82) is 0 Å². The van der Waals surface area contributed by atoms with Gasteiger partial charge in [0.05, 0.1) is 16.4 Å². The summed E-state index contributed by atoms with van der Waals surface area (Å²) in [6.07, 6.45) is 0. The maximum absolute atomic E-state index is 5.46. The quantitative estimate of drug-likeness (QED) is 0.183. The van der Waals surface area contributed by atoms with Crippen molar-refractivity contribution in [2.24, 2.45) is 0 Å². The van der Waals surface area contributed by atoms with Crippen molar-refractivity contribution >= 4 is 21.8 Å². The van der Waals surface area contributed by atoms with Gasteiger partial charge in [0.2, 0.25) is 5.95 Å². The number of para-hydroxylation sites is 2. The number of benzene rings is 8. The Kier molecular flexibility index (Phi) is 6.52. The third-order valence-electron chi connectivity index (χ3n) is 11.9. The molecular weight excluding hydrogens is 681 g/mol. The van der Waals surface area contributed by atoms with Gasteiger partial charge in [-0.1, -0.05) is 170 Å². The van der Waals surface area contributed by atoms with Crippen molar-refractivity contribution in [2.75, 3.05) is 0 Å². The minimum absolute atomic E-state index is 0.575. The molecule has 10 aromatic rings. The SMILES string of the molecule is c1ccc(C2(c3ccccc3)c3ccc4cc3-c3c(cccc32)-c2nc(nc(-n3c5ccccc5c5ccccc53)n2)-c2cccc(c2)-c2ccccc2-4)cc1. The largest absolute Gasteiger partial charge is 0.278 e. The van der Waals surface area contributed by atoms with Crippen molar-refractivity contribution < 1.29 is 0 Å². The van der Waals surface area contributed by atoms with E-state index in [1.165, 1.54) is 38.9 Å². The zero-order valence-electron chi connectivity index (χ0n) is 30.3. The van der Waals surface area contributed by atoms with E-state index in [1.54, 1.807) is 0 Å². The van der Waals surface area contributed by atoms with Gasteiger partial charge in [-0.3, -0.25) is 4.57 Å². The van der Waals surface area contributed by atoms with Crippen LogP contribution in [0, 0.1) is 0 Å². The molecule has 260 valence electrons. The van der Waals surface area contributed by atoms with Gasteiger partial charge in [0.25, 0.3) is 0 Å². The minimum atomic E-state index is -0.575. The summed E-state index contributed by atoms with van der Waals surface area (Å²) in [7, 11) is 0. The second-order valence-electron chi connectivity index (χ2n) is 14.7. The average Bonchev–Trinajstić information content (AvgIpc) is 3.77. The van der Waals surface area contributed by atoms with Gasteiger partial charge >= 0.3 is 0 Å². The second-order valence-corrected chi connectivity index (χ2v) is 14.7. The van der Waals surface area contributed by atoms with Gasteiger partial charge < -0.3 is 0 Å². The summed E-state index contributed by atoms with van der Waals surface area (Å²) in [5.74, 6) is 1.86. The smallest absolute Gasteiger partial charge is 0.238 e. The van der Waals surface area contributed by atoms with E-state index in [0.29, 0.717) is 17.6 Å². The molecule has 1 aliphatic carbocycles. The zero-order valence-corrected chi connectivity index (χ0v) is 30.3. The fraction of sp³-hybridized carbons (Fsp3) is 0.0192. The average molecular weight is 713 g/mol. The van der Waals surface area contributed by atoms with Gasteiger partial charge in [-0.05, 0) is 79.9 Å². The van der Waals surface area contributed by atoms with E-state index in [0.717, 1.165) is 49.6 Å². The molecule has 8 aromatic carbocycles. The third kappa shape index (κ3) is 4.27. The molecule has 0 spiro atoms. The Labute approximate surface area is 324 Å². The van der Waals surface area contributed by atoms with Crippen LogP contribution in [0.25, 0.3) is 83.9 Å². The summed E-state index contributed by atoms with van der Waals surface area (Å²) in [6.45, 7) is 0. The normalized spacial score (nSPS) is 13.1. The van der Waals surface area contributed by atoms with E-state index in [1.807, 2.05) is 0 Å². The Bertz CT molecular complexity index is 3100. The van der Waals surface area contributed by atoms with Gasteiger partial charge in [-0.2, -0.15) is 9.97 Å². The van der Waals surface area contributed by atoms with Crippen LogP contribution < -0.4 is 0 Å². The van der Waals surface area contributed by atoms with Gasteiger partial charge in [0, 0.05) is 21.9 Å². The first-order valence-corrected chi connectivity index (χ1v) is 19.1. The number of aromatic nitrogens is 4. The van der Waals surface area contributed by atoms with Crippen LogP contribution in [0.1, 0.15) is 22.3 Å². The number of hydrogen-bond acceptors (Lipinski definition) is 3. The van der Waals surface area contributed by atoms with E-state index >= 15 is 0 Å². The van der Waals surface area contributed by atoms with Crippen molar-refractivity contribution in [3.63, 3.8) is 0 Å². The van der Waals surface area contributed by atoms with Crippen LogP contribution in [0.3, 0.4) is 0 Å². The van der Waals surface area contributed by atoms with E-state index in [9.17, 15) is 0 Å². The zero-order chi connectivity index (χ0) is 36.8. The molecule has 0 amide bonds. The van der Waals surface area contributed by atoms with Crippen molar-refractivity contribution in [1.82, 2.24) is 19.5 Å². The Morgan fingerprint density at radius 3 is 1.61 bits per heavy atom. The molecule has 56 heavy (non-hydrogen) atoms. The lowest BCUT2D eigenvalue weighted by Gasteiger charge is -2.34. The summed E-state index contributed by atoms with van der Waals surface area (Å²) in [6, 6.07) is 70.1. The van der Waals surface area contributed by atoms with Gasteiger partial charge in [0.1, 0.15) is 0 Å². The lowest BCUT2D eigenvalue weighted by molar-refractivity contribution is 0.768. The van der Waals surface area contributed by atoms with Gasteiger partial charge in [-0.25, -0.2) is 4.98 Å². The van der Waals surface area contributed by atoms with Crippen LogP contribution in [0.2, 0.25) is 0 Å². The van der Waals surface area contributed by atoms with E-state index < -0.39 is 5.41 Å². The highest BCUT2D eigenvalue weighted by Crippen LogP contribution is 2.59. The molecule has 0 fully saturated rings. The summed E-state index contributed by atoms with van der Waals surface area (Å²) >= 11 is 0. The van der Waals surface area contributed by atoms with Crippen molar-refractivity contribution in [3.8, 4) is 62.1 Å². The van der Waals surface area contributed by atoms with Crippen LogP contribution >= 0.6 is 0 Å². The van der Waals surface area contributed by atoms with E-state index in [4.69, 9.17) is 15.0 Å². The van der Waals surface area contributed by atoms with Gasteiger partial charge in [0.15, 0.2) is 11.6 Å². The summed E-state index contributed by atoms with van der Waals surface area (Å²) in [4.78, 5) is 16.2. The highest BCUT2D eigenvalue weighted by molar-refractivity contribution is 6.09. The molecule has 4 heteroatoms. The Morgan fingerprint density at radius 2 is 0.911 bits per heavy atom. The highest BCUT2D eigenvalue weighted by atomic mass is 15.2. The fourth-order valence-corrected chi connectivity index (χ4v) is 9.56. The predicted molar refractivity (Wildman–Crippen MR) is 227 cm³/mol. The van der Waals surface area contributed by atoms with Crippen LogP contribution in [-0.2, 0) is 5.41 Å². The van der Waals surface area contributed by atoms with Crippen molar-refractivity contribution in [2.45, 2.75) is 5.41 Å². The molecule has 0 N–H and O–H groups in total. The molecule has 12 rings (SSSR count). The standard InChI is InChI=1S/C52H32N4/c1-3-17-36(18-4-1)52(37-19-5-2-6-20-37)44-30-29-34-32-43(44)48-42(25-14-26-45(48)52)50-53-49(35-16-13-15-33(31-35)38-21-7-8-22-39(34)38)54-51(55-50)56-46-27-11-9-23-40(46)41-24-10-12-28-47(41)56/h1-32H. The minimum Gasteiger partial charge on any atom is -0.278 e. The van der Waals surface area contributed by atoms with E-state index in [2.05, 4.69) is 199 Å². The molecule has 0 saturated carbocycles. The fourth-order valence-electron chi connectivity index (χ4n) is 9.56. The molecule has 6 bridgehead atoms. The first-order valence-electron chi connectivity index (χ1n) is 19.1. The number of fused-ring (bicyclic) bond motifs is 13. The van der Waals surface area contributed by atoms with Crippen molar-refractivity contribution in [3.05, 3.63) is 216 Å². The lowest BCUT2D eigenvalue weighted by atomic mass is 9.67. The summed E-state index contributed by atoms with van der Waals surface area (Å²) in [5, 5.41) is 2.32. The molecule has 4 nitrogen and oxygen atoms in total. The Hall–Kier alpha value is -7.43. The molecule has 2 aliphatic rings. The highest BCUT2D eigenvalue weighted by Gasteiger charge is 2.47. The van der Waals surface area contributed by atoms with Gasteiger partial charge in [-0.15, -0.1) is 0 Å². The first-order chi connectivity index (χ1) is 27.8. The first kappa shape index (κ1) is 31.0. The molecule has 0 unspecified atom stereocenters. The molecule has 0 saturated heterocycles. The van der Waals surface area contributed by atoms with Crippen LogP contribution in [0.15, 0.2) is 194 Å². The molecule has 1 aliphatic heterocycles. The number of rotatable bonds is 3. The molecule has 0 radical (unpaired) electrons. The summed E-state index contributed by atoms with van der Waals surface area (Å²) < 4.78 is 2.20. The number of hydrogen-bond donors (Lipinski definition) is 0. The Morgan fingerprint density at radius 1 is 0.357 bits per heavy atom. The van der Waals surface area contributed by atoms with E-state index in [-0.39, 0.29) is 0 Å². The molecule has 3 heterocycles. The predicted octanol–water partition coefficient (Wildman–Crippen LogP) is 12.3. The lowest BCUT2D eigenvalue weighted by Crippen LogP contribution is -2.28. The molecule has 0 atom stereocenters. The maximum atomic E-state index is 5.46.